The first-order valence-corrected chi connectivity index (χ1v) is 8.89. The molecule has 1 aliphatic carbocycles. The molecule has 1 fully saturated rings. The van der Waals surface area contributed by atoms with Gasteiger partial charge in [0.25, 0.3) is 0 Å². The zero-order chi connectivity index (χ0) is 15.8. The summed E-state index contributed by atoms with van der Waals surface area (Å²) >= 11 is 0. The third kappa shape index (κ3) is 2.73. The number of H-pyrrole nitrogens is 1. The Labute approximate surface area is 137 Å². The second-order valence-electron chi connectivity index (χ2n) is 7.03. The molecule has 2 aromatic rings. The van der Waals surface area contributed by atoms with E-state index in [1.54, 1.807) is 0 Å². The summed E-state index contributed by atoms with van der Waals surface area (Å²) in [6, 6.07) is 2.36. The van der Waals surface area contributed by atoms with Gasteiger partial charge < -0.3 is 9.88 Å². The fourth-order valence-electron chi connectivity index (χ4n) is 3.76. The van der Waals surface area contributed by atoms with Crippen LogP contribution in [0.1, 0.15) is 74.5 Å². The summed E-state index contributed by atoms with van der Waals surface area (Å²) in [6.45, 7) is 5.33. The highest BCUT2D eigenvalue weighted by molar-refractivity contribution is 5.42. The van der Waals surface area contributed by atoms with Crippen molar-refractivity contribution in [1.29, 1.82) is 0 Å². The van der Waals surface area contributed by atoms with Crippen molar-refractivity contribution in [2.75, 3.05) is 11.4 Å². The summed E-state index contributed by atoms with van der Waals surface area (Å²) in [5.41, 5.74) is 2.66. The first-order valence-electron chi connectivity index (χ1n) is 8.89. The fourth-order valence-corrected chi connectivity index (χ4v) is 3.76. The van der Waals surface area contributed by atoms with Gasteiger partial charge in [-0.05, 0) is 44.6 Å². The Balaban J connectivity index is 1.64. The molecule has 122 valence electrons. The van der Waals surface area contributed by atoms with Crippen molar-refractivity contribution in [1.82, 2.24) is 19.9 Å². The number of nitrogens with zero attached hydrogens (tertiary/aromatic N) is 4. The second kappa shape index (κ2) is 5.95. The van der Waals surface area contributed by atoms with Gasteiger partial charge in [0.05, 0.1) is 11.7 Å². The van der Waals surface area contributed by atoms with Crippen LogP contribution in [0.3, 0.4) is 0 Å². The lowest BCUT2D eigenvalue weighted by molar-refractivity contribution is 0.661. The van der Waals surface area contributed by atoms with E-state index >= 15 is 0 Å². The van der Waals surface area contributed by atoms with E-state index < -0.39 is 0 Å². The number of hydrogen-bond acceptors (Lipinski definition) is 4. The summed E-state index contributed by atoms with van der Waals surface area (Å²) in [5.74, 6) is 3.46. The monoisotopic (exact) mass is 311 g/mol. The molecule has 1 aliphatic heterocycles. The van der Waals surface area contributed by atoms with Gasteiger partial charge in [0.2, 0.25) is 0 Å². The number of imidazole rings is 1. The highest BCUT2D eigenvalue weighted by Gasteiger charge is 2.31. The number of aryl methyl sites for hydroxylation is 2. The molecule has 0 aromatic carbocycles. The van der Waals surface area contributed by atoms with E-state index in [9.17, 15) is 0 Å². The smallest absolute Gasteiger partial charge is 0.133 e. The number of rotatable bonds is 3. The van der Waals surface area contributed by atoms with E-state index in [1.807, 2.05) is 12.3 Å². The van der Waals surface area contributed by atoms with Crippen molar-refractivity contribution in [3.8, 4) is 0 Å². The van der Waals surface area contributed by atoms with Crippen molar-refractivity contribution >= 4 is 5.82 Å². The van der Waals surface area contributed by atoms with Gasteiger partial charge in [-0.1, -0.05) is 13.8 Å². The topological polar surface area (TPSA) is 57.7 Å². The van der Waals surface area contributed by atoms with E-state index in [-0.39, 0.29) is 0 Å². The van der Waals surface area contributed by atoms with Gasteiger partial charge in [-0.2, -0.15) is 0 Å². The molecular weight excluding hydrogens is 286 g/mol. The number of nitrogens with one attached hydrogen (secondary N) is 1. The minimum atomic E-state index is 0.329. The molecule has 5 nitrogen and oxygen atoms in total. The third-order valence-electron chi connectivity index (χ3n) is 5.01. The van der Waals surface area contributed by atoms with Crippen LogP contribution in [-0.2, 0) is 12.8 Å². The van der Waals surface area contributed by atoms with E-state index in [0.29, 0.717) is 12.0 Å². The Morgan fingerprint density at radius 2 is 2.04 bits per heavy atom. The van der Waals surface area contributed by atoms with Gasteiger partial charge in [0, 0.05) is 24.4 Å². The molecule has 1 atom stereocenters. The largest absolute Gasteiger partial charge is 0.346 e. The Hall–Kier alpha value is -1.91. The number of aromatic nitrogens is 4. The maximum absolute atomic E-state index is 4.93. The molecule has 0 saturated carbocycles. The quantitative estimate of drug-likeness (QED) is 0.942. The maximum Gasteiger partial charge on any atom is 0.133 e. The highest BCUT2D eigenvalue weighted by Crippen LogP contribution is 2.35. The Bertz CT molecular complexity index is 667. The number of aromatic amines is 1. The van der Waals surface area contributed by atoms with Gasteiger partial charge in [-0.15, -0.1) is 0 Å². The minimum absolute atomic E-state index is 0.329. The van der Waals surface area contributed by atoms with Crippen LogP contribution in [0.25, 0.3) is 0 Å². The molecule has 0 radical (unpaired) electrons. The van der Waals surface area contributed by atoms with Crippen LogP contribution in [0, 0.1) is 0 Å². The molecule has 4 rings (SSSR count). The molecule has 2 aromatic heterocycles. The Morgan fingerprint density at radius 1 is 1.17 bits per heavy atom. The van der Waals surface area contributed by atoms with Crippen molar-refractivity contribution < 1.29 is 0 Å². The van der Waals surface area contributed by atoms with Crippen molar-refractivity contribution in [3.05, 3.63) is 35.3 Å². The van der Waals surface area contributed by atoms with Gasteiger partial charge in [-0.25, -0.2) is 15.0 Å². The van der Waals surface area contributed by atoms with Gasteiger partial charge in [0.15, 0.2) is 0 Å². The summed E-state index contributed by atoms with van der Waals surface area (Å²) in [6.07, 6.45) is 9.07. The predicted octanol–water partition coefficient (Wildman–Crippen LogP) is 3.54. The maximum atomic E-state index is 4.93. The SMILES string of the molecule is CC(C)c1nccc(N2CCC[C@H]2c2nc3c([nH]2)CCCC3)n1. The average molecular weight is 311 g/mol. The molecule has 0 spiro atoms. The summed E-state index contributed by atoms with van der Waals surface area (Å²) in [4.78, 5) is 20.1. The summed E-state index contributed by atoms with van der Waals surface area (Å²) < 4.78 is 0. The van der Waals surface area contributed by atoms with Gasteiger partial charge >= 0.3 is 0 Å². The second-order valence-corrected chi connectivity index (χ2v) is 7.03. The average Bonchev–Trinajstić information content (AvgIpc) is 3.21. The number of fused-ring (bicyclic) bond motifs is 1. The van der Waals surface area contributed by atoms with E-state index in [0.717, 1.165) is 43.3 Å². The molecule has 1 saturated heterocycles. The third-order valence-corrected chi connectivity index (χ3v) is 5.01. The van der Waals surface area contributed by atoms with Crippen molar-refractivity contribution in [2.45, 2.75) is 64.3 Å². The standard InChI is InChI=1S/C18H25N5/c1-12(2)17-19-10-9-16(22-17)23-11-5-8-15(23)18-20-13-6-3-4-7-14(13)21-18/h9-10,12,15H,3-8,11H2,1-2H3,(H,20,21)/t15-/m0/s1. The summed E-state index contributed by atoms with van der Waals surface area (Å²) in [7, 11) is 0. The minimum Gasteiger partial charge on any atom is -0.346 e. The number of anilines is 1. The zero-order valence-corrected chi connectivity index (χ0v) is 14.0. The Morgan fingerprint density at radius 3 is 2.87 bits per heavy atom. The number of hydrogen-bond donors (Lipinski definition) is 1. The summed E-state index contributed by atoms with van der Waals surface area (Å²) in [5, 5.41) is 0. The molecule has 2 aliphatic rings. The van der Waals surface area contributed by atoms with Crippen molar-refractivity contribution in [3.63, 3.8) is 0 Å². The van der Waals surface area contributed by atoms with Crippen LogP contribution < -0.4 is 4.90 Å². The van der Waals surface area contributed by atoms with Gasteiger partial charge in [-0.3, -0.25) is 0 Å². The van der Waals surface area contributed by atoms with Crippen LogP contribution in [0.15, 0.2) is 12.3 Å². The molecule has 0 amide bonds. The lowest BCUT2D eigenvalue weighted by Gasteiger charge is -2.24. The highest BCUT2D eigenvalue weighted by atomic mass is 15.3. The lowest BCUT2D eigenvalue weighted by atomic mass is 10.0. The molecule has 23 heavy (non-hydrogen) atoms. The zero-order valence-electron chi connectivity index (χ0n) is 14.0. The molecular formula is C18H25N5. The molecule has 0 unspecified atom stereocenters. The fraction of sp³-hybridized carbons (Fsp3) is 0.611. The van der Waals surface area contributed by atoms with Crippen molar-refractivity contribution in [2.24, 2.45) is 0 Å². The van der Waals surface area contributed by atoms with Crippen LogP contribution in [0.5, 0.6) is 0 Å². The lowest BCUT2D eigenvalue weighted by Crippen LogP contribution is -2.25. The normalized spacial score (nSPS) is 21.0. The molecule has 5 heteroatoms. The van der Waals surface area contributed by atoms with Gasteiger partial charge in [0.1, 0.15) is 17.5 Å². The van der Waals surface area contributed by atoms with E-state index in [2.05, 4.69) is 28.7 Å². The first kappa shape index (κ1) is 14.7. The molecule has 0 bridgehead atoms. The van der Waals surface area contributed by atoms with E-state index in [1.165, 1.54) is 30.7 Å². The van der Waals surface area contributed by atoms with Crippen LogP contribution >= 0.6 is 0 Å². The Kier molecular flexibility index (Phi) is 3.79. The van der Waals surface area contributed by atoms with Crippen LogP contribution in [0.4, 0.5) is 5.82 Å². The van der Waals surface area contributed by atoms with Crippen LogP contribution in [0.2, 0.25) is 0 Å². The molecule has 3 heterocycles. The predicted molar refractivity (Wildman–Crippen MR) is 90.7 cm³/mol. The molecule has 1 N–H and O–H groups in total. The first-order chi connectivity index (χ1) is 11.2. The van der Waals surface area contributed by atoms with Crippen LogP contribution in [-0.4, -0.2) is 26.5 Å². The van der Waals surface area contributed by atoms with E-state index in [4.69, 9.17) is 9.97 Å².